The Labute approximate surface area is 183 Å². The third kappa shape index (κ3) is 4.04. The lowest BCUT2D eigenvalue weighted by molar-refractivity contribution is -0.122. The van der Waals surface area contributed by atoms with Crippen LogP contribution in [0.1, 0.15) is 22.8 Å². The summed E-state index contributed by atoms with van der Waals surface area (Å²) < 4.78 is 5.55. The number of likely N-dealkylation sites (N-methyl/N-ethyl adjacent to an activating group) is 1. The average Bonchev–Trinajstić information content (AvgIpc) is 3.08. The lowest BCUT2D eigenvalue weighted by Crippen LogP contribution is -2.28. The van der Waals surface area contributed by atoms with Crippen LogP contribution in [0.15, 0.2) is 70.6 Å². The van der Waals surface area contributed by atoms with E-state index in [0.29, 0.717) is 28.1 Å². The molecule has 156 valence electrons. The van der Waals surface area contributed by atoms with Gasteiger partial charge in [-0.3, -0.25) is 9.69 Å². The molecule has 1 aliphatic heterocycles. The molecule has 6 nitrogen and oxygen atoms in total. The van der Waals surface area contributed by atoms with Gasteiger partial charge < -0.3 is 9.84 Å². The number of carbonyl (C=O) groups excluding carboxylic acids is 1. The van der Waals surface area contributed by atoms with Crippen LogP contribution in [0.25, 0.3) is 16.8 Å². The molecule has 1 heterocycles. The maximum atomic E-state index is 13.1. The van der Waals surface area contributed by atoms with E-state index in [1.54, 1.807) is 24.1 Å². The number of benzene rings is 3. The molecule has 0 saturated carbocycles. The number of fused-ring (bicyclic) bond motifs is 1. The SMILES string of the molecule is CCN1C(=O)/C(=C/c2c(OC)ccc3ccccc23)SC1=Nc1ccc(C(=O)O)cc1. The van der Waals surface area contributed by atoms with Crippen LogP contribution in [0.2, 0.25) is 0 Å². The van der Waals surface area contributed by atoms with Gasteiger partial charge in [-0.05, 0) is 65.9 Å². The van der Waals surface area contributed by atoms with Gasteiger partial charge in [0.05, 0.1) is 23.3 Å². The summed E-state index contributed by atoms with van der Waals surface area (Å²) in [4.78, 5) is 30.8. The number of carboxylic acid groups (broad SMARTS) is 1. The molecular formula is C24H20N2O4S. The highest BCUT2D eigenvalue weighted by Crippen LogP contribution is 2.37. The Hall–Kier alpha value is -3.58. The number of carboxylic acids is 1. The van der Waals surface area contributed by atoms with Crippen LogP contribution in [-0.4, -0.2) is 40.7 Å². The smallest absolute Gasteiger partial charge is 0.335 e. The number of amidine groups is 1. The molecule has 0 unspecified atom stereocenters. The molecule has 3 aromatic rings. The van der Waals surface area contributed by atoms with E-state index < -0.39 is 5.97 Å². The average molecular weight is 433 g/mol. The number of ether oxygens (including phenoxy) is 1. The van der Waals surface area contributed by atoms with E-state index >= 15 is 0 Å². The topological polar surface area (TPSA) is 79.2 Å². The van der Waals surface area contributed by atoms with E-state index in [0.717, 1.165) is 16.3 Å². The molecular weight excluding hydrogens is 412 g/mol. The third-order valence-corrected chi connectivity index (χ3v) is 5.98. The zero-order valence-electron chi connectivity index (χ0n) is 17.0. The molecule has 1 saturated heterocycles. The molecule has 31 heavy (non-hydrogen) atoms. The molecule has 4 rings (SSSR count). The Bertz CT molecular complexity index is 1230. The Kier molecular flexibility index (Phi) is 5.77. The summed E-state index contributed by atoms with van der Waals surface area (Å²) in [6, 6.07) is 18.1. The molecule has 0 spiro atoms. The normalized spacial score (nSPS) is 16.5. The molecule has 0 bridgehead atoms. The van der Waals surface area contributed by atoms with Crippen LogP contribution in [-0.2, 0) is 4.79 Å². The molecule has 0 aliphatic carbocycles. The molecule has 0 radical (unpaired) electrons. The molecule has 1 amide bonds. The number of aromatic carboxylic acids is 1. The Morgan fingerprint density at radius 3 is 2.55 bits per heavy atom. The van der Waals surface area contributed by atoms with Crippen molar-refractivity contribution in [3.8, 4) is 5.75 Å². The lowest BCUT2D eigenvalue weighted by Gasteiger charge is -2.12. The number of aliphatic imine (C=N–C) groups is 1. The highest BCUT2D eigenvalue weighted by molar-refractivity contribution is 8.18. The second-order valence-electron chi connectivity index (χ2n) is 6.81. The summed E-state index contributed by atoms with van der Waals surface area (Å²) in [6.07, 6.45) is 1.85. The van der Waals surface area contributed by atoms with Crippen LogP contribution in [0.4, 0.5) is 5.69 Å². The standard InChI is InChI=1S/C24H20N2O4S/c1-3-26-22(27)21(31-24(26)25-17-11-8-16(9-12-17)23(28)29)14-19-18-7-5-4-6-15(18)10-13-20(19)30-2/h4-14H,3H2,1-2H3,(H,28,29)/b21-14-,25-24?. The lowest BCUT2D eigenvalue weighted by atomic mass is 10.0. The number of hydrogen-bond acceptors (Lipinski definition) is 5. The van der Waals surface area contributed by atoms with Crippen molar-refractivity contribution in [3.05, 3.63) is 76.7 Å². The van der Waals surface area contributed by atoms with Gasteiger partial charge in [-0.15, -0.1) is 0 Å². The van der Waals surface area contributed by atoms with Crippen molar-refractivity contribution in [2.45, 2.75) is 6.92 Å². The molecule has 3 aromatic carbocycles. The van der Waals surface area contributed by atoms with Gasteiger partial charge >= 0.3 is 5.97 Å². The summed E-state index contributed by atoms with van der Waals surface area (Å²) >= 11 is 1.29. The zero-order chi connectivity index (χ0) is 22.0. The number of nitrogens with zero attached hydrogens (tertiary/aromatic N) is 2. The second-order valence-corrected chi connectivity index (χ2v) is 7.82. The van der Waals surface area contributed by atoms with Gasteiger partial charge in [0.15, 0.2) is 5.17 Å². The number of carbonyl (C=O) groups is 2. The molecule has 0 atom stereocenters. The predicted octanol–water partition coefficient (Wildman–Crippen LogP) is 5.17. The summed E-state index contributed by atoms with van der Waals surface area (Å²) in [5, 5.41) is 11.7. The highest BCUT2D eigenvalue weighted by atomic mass is 32.2. The Morgan fingerprint density at radius 2 is 1.87 bits per heavy atom. The van der Waals surface area contributed by atoms with Crippen molar-refractivity contribution in [2.75, 3.05) is 13.7 Å². The van der Waals surface area contributed by atoms with Crippen molar-refractivity contribution in [2.24, 2.45) is 4.99 Å². The van der Waals surface area contributed by atoms with Gasteiger partial charge in [0.1, 0.15) is 5.75 Å². The number of rotatable bonds is 5. The quantitative estimate of drug-likeness (QED) is 0.563. The van der Waals surface area contributed by atoms with Crippen LogP contribution in [0, 0.1) is 0 Å². The summed E-state index contributed by atoms with van der Waals surface area (Å²) in [5.41, 5.74) is 1.62. The monoisotopic (exact) mass is 432 g/mol. The minimum Gasteiger partial charge on any atom is -0.496 e. The second kappa shape index (κ2) is 8.65. The number of methoxy groups -OCH3 is 1. The number of amides is 1. The fourth-order valence-electron chi connectivity index (χ4n) is 3.39. The molecule has 1 aliphatic rings. The Morgan fingerprint density at radius 1 is 1.13 bits per heavy atom. The first-order valence-corrected chi connectivity index (χ1v) is 10.5. The first kappa shape index (κ1) is 20.7. The van der Waals surface area contributed by atoms with Gasteiger partial charge in [-0.25, -0.2) is 9.79 Å². The van der Waals surface area contributed by atoms with E-state index in [2.05, 4.69) is 4.99 Å². The van der Waals surface area contributed by atoms with E-state index in [-0.39, 0.29) is 11.5 Å². The minimum absolute atomic E-state index is 0.122. The van der Waals surface area contributed by atoms with E-state index in [1.165, 1.54) is 23.9 Å². The zero-order valence-corrected chi connectivity index (χ0v) is 17.8. The molecule has 1 fully saturated rings. The summed E-state index contributed by atoms with van der Waals surface area (Å²) in [6.45, 7) is 2.37. The van der Waals surface area contributed by atoms with Gasteiger partial charge in [0.25, 0.3) is 5.91 Å². The first-order valence-electron chi connectivity index (χ1n) is 9.71. The van der Waals surface area contributed by atoms with Gasteiger partial charge in [0, 0.05) is 12.1 Å². The summed E-state index contributed by atoms with van der Waals surface area (Å²) in [5.74, 6) is -0.422. The van der Waals surface area contributed by atoms with Crippen LogP contribution in [0.3, 0.4) is 0 Å². The Balaban J connectivity index is 1.74. The highest BCUT2D eigenvalue weighted by Gasteiger charge is 2.32. The molecule has 7 heteroatoms. The maximum absolute atomic E-state index is 13.1. The first-order chi connectivity index (χ1) is 15.0. The predicted molar refractivity (Wildman–Crippen MR) is 124 cm³/mol. The van der Waals surface area contributed by atoms with Crippen LogP contribution in [0.5, 0.6) is 5.75 Å². The third-order valence-electron chi connectivity index (χ3n) is 4.97. The van der Waals surface area contributed by atoms with Crippen molar-refractivity contribution >= 4 is 51.3 Å². The van der Waals surface area contributed by atoms with Crippen LogP contribution >= 0.6 is 11.8 Å². The van der Waals surface area contributed by atoms with Gasteiger partial charge in [-0.1, -0.05) is 30.3 Å². The van der Waals surface area contributed by atoms with E-state index in [9.17, 15) is 9.59 Å². The van der Waals surface area contributed by atoms with Crippen molar-refractivity contribution < 1.29 is 19.4 Å². The number of hydrogen-bond donors (Lipinski definition) is 1. The molecule has 0 aromatic heterocycles. The van der Waals surface area contributed by atoms with Crippen molar-refractivity contribution in [1.29, 1.82) is 0 Å². The van der Waals surface area contributed by atoms with Gasteiger partial charge in [-0.2, -0.15) is 0 Å². The van der Waals surface area contributed by atoms with Crippen molar-refractivity contribution in [1.82, 2.24) is 4.90 Å². The summed E-state index contributed by atoms with van der Waals surface area (Å²) in [7, 11) is 1.61. The number of thioether (sulfide) groups is 1. The van der Waals surface area contributed by atoms with Crippen molar-refractivity contribution in [3.63, 3.8) is 0 Å². The van der Waals surface area contributed by atoms with Gasteiger partial charge in [0.2, 0.25) is 0 Å². The largest absolute Gasteiger partial charge is 0.496 e. The minimum atomic E-state index is -0.992. The van der Waals surface area contributed by atoms with Crippen LogP contribution < -0.4 is 4.74 Å². The fraction of sp³-hybridized carbons (Fsp3) is 0.125. The molecule has 1 N–H and O–H groups in total. The van der Waals surface area contributed by atoms with E-state index in [1.807, 2.05) is 49.4 Å². The fourth-order valence-corrected chi connectivity index (χ4v) is 4.44. The van der Waals surface area contributed by atoms with E-state index in [4.69, 9.17) is 9.84 Å². The maximum Gasteiger partial charge on any atom is 0.335 e.